The molecule has 4 heterocycles. The Morgan fingerprint density at radius 2 is 2.06 bits per heavy atom. The van der Waals surface area contributed by atoms with Gasteiger partial charge in [-0.2, -0.15) is 15.2 Å². The summed E-state index contributed by atoms with van der Waals surface area (Å²) in [6, 6.07) is 1.73. The van der Waals surface area contributed by atoms with Crippen molar-refractivity contribution < 1.29 is 14.1 Å². The van der Waals surface area contributed by atoms with E-state index in [0.29, 0.717) is 29.0 Å². The number of aromatic nitrogens is 8. The summed E-state index contributed by atoms with van der Waals surface area (Å²) < 4.78 is 24.4. The molecule has 174 valence electrons. The van der Waals surface area contributed by atoms with Gasteiger partial charge in [0, 0.05) is 19.3 Å². The van der Waals surface area contributed by atoms with Crippen LogP contribution in [0.25, 0.3) is 16.9 Å². The summed E-state index contributed by atoms with van der Waals surface area (Å²) in [6.45, 7) is 2.77. The zero-order chi connectivity index (χ0) is 23.9. The smallest absolute Gasteiger partial charge is 0.353 e. The second kappa shape index (κ2) is 8.90. The Hall–Kier alpha value is -3.32. The Bertz CT molecular complexity index is 1350. The molecule has 1 unspecified atom stereocenters. The number of fused-ring (bicyclic) bond motifs is 1. The lowest BCUT2D eigenvalue weighted by molar-refractivity contribution is -0.386. The molecule has 12 nitrogen and oxygen atoms in total. The van der Waals surface area contributed by atoms with Crippen LogP contribution in [0, 0.1) is 17.0 Å². The number of nitrogens with zero attached hydrogens (tertiary/aromatic N) is 9. The third-order valence-electron chi connectivity index (χ3n) is 4.82. The van der Waals surface area contributed by atoms with E-state index < -0.39 is 17.7 Å². The largest absolute Gasteiger partial charge is 0.469 e. The highest BCUT2D eigenvalue weighted by Crippen LogP contribution is 2.33. The Morgan fingerprint density at radius 3 is 2.70 bits per heavy atom. The van der Waals surface area contributed by atoms with E-state index in [4.69, 9.17) is 27.9 Å². The molecule has 15 heteroatoms. The summed E-state index contributed by atoms with van der Waals surface area (Å²) in [4.78, 5) is 19.0. The van der Waals surface area contributed by atoms with Crippen molar-refractivity contribution in [3.05, 3.63) is 44.2 Å². The molecule has 0 aliphatic heterocycles. The summed E-state index contributed by atoms with van der Waals surface area (Å²) in [6.07, 6.45) is 0.0864. The fraction of sp³-hybridized carbons (Fsp3) is 0.389. The van der Waals surface area contributed by atoms with Gasteiger partial charge in [0.05, 0.1) is 22.5 Å². The number of hydrogen-bond donors (Lipinski definition) is 0. The molecule has 0 saturated heterocycles. The van der Waals surface area contributed by atoms with Crippen LogP contribution in [0.2, 0.25) is 10.4 Å². The molecule has 33 heavy (non-hydrogen) atoms. The van der Waals surface area contributed by atoms with Crippen molar-refractivity contribution in [2.75, 3.05) is 6.61 Å². The van der Waals surface area contributed by atoms with Gasteiger partial charge in [0.1, 0.15) is 12.3 Å². The molecule has 0 aliphatic rings. The van der Waals surface area contributed by atoms with Crippen LogP contribution < -0.4 is 4.74 Å². The molecule has 4 rings (SSSR count). The number of hydrogen-bond acceptors (Lipinski definition) is 8. The first-order valence-electron chi connectivity index (χ1n) is 9.78. The topological polar surface area (TPSA) is 132 Å². The molecule has 0 aromatic carbocycles. The van der Waals surface area contributed by atoms with Crippen LogP contribution in [0.1, 0.15) is 18.3 Å². The Labute approximate surface area is 196 Å². The number of ether oxygens (including phenoxy) is 1. The molecule has 0 radical (unpaired) electrons. The fourth-order valence-corrected chi connectivity index (χ4v) is 3.80. The van der Waals surface area contributed by atoms with E-state index in [0.717, 1.165) is 0 Å². The van der Waals surface area contributed by atoms with Crippen molar-refractivity contribution in [2.45, 2.75) is 33.0 Å². The lowest BCUT2D eigenvalue weighted by Gasteiger charge is -2.09. The maximum Gasteiger partial charge on any atom is 0.353 e. The Morgan fingerprint density at radius 1 is 1.30 bits per heavy atom. The van der Waals surface area contributed by atoms with Crippen LogP contribution >= 0.6 is 23.2 Å². The molecule has 0 spiro atoms. The van der Waals surface area contributed by atoms with Crippen molar-refractivity contribution in [3.63, 3.8) is 0 Å². The SMILES string of the molecule is CCc1c([N+](=O)[O-])c(OCC(F)Cn2nc(Cl)c3cnc(Cl)nc32)nn1-c1cc(C)nn1C. The van der Waals surface area contributed by atoms with Crippen molar-refractivity contribution >= 4 is 39.9 Å². The van der Waals surface area contributed by atoms with E-state index >= 15 is 0 Å². The Kier molecular flexibility index (Phi) is 6.17. The Balaban J connectivity index is 1.59. The lowest BCUT2D eigenvalue weighted by atomic mass is 10.3. The minimum Gasteiger partial charge on any atom is -0.469 e. The fourth-order valence-electron chi connectivity index (χ4n) is 3.44. The van der Waals surface area contributed by atoms with E-state index in [9.17, 15) is 14.5 Å². The van der Waals surface area contributed by atoms with Gasteiger partial charge < -0.3 is 4.74 Å². The normalized spacial score (nSPS) is 12.4. The van der Waals surface area contributed by atoms with Gasteiger partial charge in [-0.1, -0.05) is 18.5 Å². The first-order chi connectivity index (χ1) is 15.7. The predicted octanol–water partition coefficient (Wildman–Crippen LogP) is 3.25. The molecule has 0 bridgehead atoms. The average molecular weight is 498 g/mol. The van der Waals surface area contributed by atoms with E-state index in [2.05, 4.69) is 25.3 Å². The maximum absolute atomic E-state index is 14.8. The standard InChI is InChI=1S/C18H18Cl2FN9O3/c1-4-12-14(30(31)32)17(26-29(12)13-5-9(2)24-27(13)3)33-8-10(21)7-28-16-11(15(19)25-28)6-22-18(20)23-16/h5-6,10H,4,7-8H2,1-3H3. The first kappa shape index (κ1) is 22.9. The lowest BCUT2D eigenvalue weighted by Crippen LogP contribution is -2.21. The summed E-state index contributed by atoms with van der Waals surface area (Å²) >= 11 is 11.9. The number of rotatable bonds is 8. The number of alkyl halides is 1. The minimum atomic E-state index is -1.60. The van der Waals surface area contributed by atoms with Gasteiger partial charge in [0.25, 0.3) is 0 Å². The van der Waals surface area contributed by atoms with E-state index in [1.165, 1.54) is 15.6 Å². The zero-order valence-corrected chi connectivity index (χ0v) is 19.2. The van der Waals surface area contributed by atoms with Gasteiger partial charge in [-0.25, -0.2) is 18.7 Å². The van der Waals surface area contributed by atoms with Crippen molar-refractivity contribution in [1.82, 2.24) is 39.3 Å². The third kappa shape index (κ3) is 4.33. The second-order valence-corrected chi connectivity index (χ2v) is 7.84. The van der Waals surface area contributed by atoms with Gasteiger partial charge in [-0.05, 0) is 24.9 Å². The van der Waals surface area contributed by atoms with Gasteiger partial charge in [0.2, 0.25) is 5.28 Å². The average Bonchev–Trinajstić information content (AvgIpc) is 3.38. The zero-order valence-electron chi connectivity index (χ0n) is 17.7. The number of nitro groups is 1. The molecule has 0 saturated carbocycles. The van der Waals surface area contributed by atoms with Crippen molar-refractivity contribution in [2.24, 2.45) is 7.05 Å². The van der Waals surface area contributed by atoms with Gasteiger partial charge >= 0.3 is 11.6 Å². The molecule has 4 aromatic heterocycles. The first-order valence-corrected chi connectivity index (χ1v) is 10.5. The van der Waals surface area contributed by atoms with Crippen LogP contribution in [-0.2, 0) is 20.0 Å². The minimum absolute atomic E-state index is 0.0364. The van der Waals surface area contributed by atoms with Gasteiger partial charge in [-0.15, -0.1) is 5.10 Å². The molecule has 0 N–H and O–H groups in total. The summed E-state index contributed by atoms with van der Waals surface area (Å²) in [7, 11) is 1.70. The summed E-state index contributed by atoms with van der Waals surface area (Å²) in [5.74, 6) is 0.236. The monoisotopic (exact) mass is 497 g/mol. The highest BCUT2D eigenvalue weighted by molar-refractivity contribution is 6.34. The summed E-state index contributed by atoms with van der Waals surface area (Å²) in [5, 5.41) is 24.8. The molecule has 4 aromatic rings. The molecular weight excluding hydrogens is 480 g/mol. The van der Waals surface area contributed by atoms with E-state index in [-0.39, 0.29) is 34.2 Å². The highest BCUT2D eigenvalue weighted by atomic mass is 35.5. The molecule has 1 atom stereocenters. The maximum atomic E-state index is 14.8. The van der Waals surface area contributed by atoms with Crippen LogP contribution in [0.4, 0.5) is 10.1 Å². The predicted molar refractivity (Wildman–Crippen MR) is 117 cm³/mol. The van der Waals surface area contributed by atoms with Crippen LogP contribution in [0.5, 0.6) is 5.88 Å². The van der Waals surface area contributed by atoms with Crippen LogP contribution in [-0.4, -0.2) is 57.0 Å². The summed E-state index contributed by atoms with van der Waals surface area (Å²) in [5.41, 5.74) is 0.964. The van der Waals surface area contributed by atoms with Crippen molar-refractivity contribution in [1.29, 1.82) is 0 Å². The molecule has 0 aliphatic carbocycles. The van der Waals surface area contributed by atoms with Gasteiger partial charge in [-0.3, -0.25) is 14.8 Å². The van der Waals surface area contributed by atoms with Crippen molar-refractivity contribution in [3.8, 4) is 11.7 Å². The quantitative estimate of drug-likeness (QED) is 0.206. The second-order valence-electron chi connectivity index (χ2n) is 7.15. The highest BCUT2D eigenvalue weighted by Gasteiger charge is 2.31. The number of aryl methyl sites for hydroxylation is 2. The van der Waals surface area contributed by atoms with Gasteiger partial charge in [0.15, 0.2) is 22.8 Å². The van der Waals surface area contributed by atoms with E-state index in [1.54, 1.807) is 31.6 Å². The number of halogens is 3. The molecule has 0 fully saturated rings. The van der Waals surface area contributed by atoms with Crippen LogP contribution in [0.15, 0.2) is 12.3 Å². The van der Waals surface area contributed by atoms with Crippen LogP contribution in [0.3, 0.4) is 0 Å². The van der Waals surface area contributed by atoms with E-state index in [1.807, 2.05) is 0 Å². The molecule has 0 amide bonds. The third-order valence-corrected chi connectivity index (χ3v) is 5.28. The molecular formula is C18H18Cl2FN9O3.